The van der Waals surface area contributed by atoms with Crippen LogP contribution >= 0.6 is 0 Å². The molecular formula is C9H20N2O4S. The first kappa shape index (κ1) is 15.3. The van der Waals surface area contributed by atoms with Crippen molar-refractivity contribution in [2.45, 2.75) is 26.3 Å². The molecule has 7 heteroatoms. The maximum atomic E-state index is 11.2. The van der Waals surface area contributed by atoms with Crippen molar-refractivity contribution >= 4 is 16.0 Å². The fraction of sp³-hybridized carbons (Fsp3) is 0.889. The number of carbonyl (C=O) groups excluding carboxylic acids is 1. The van der Waals surface area contributed by atoms with Crippen LogP contribution in [0.5, 0.6) is 0 Å². The van der Waals surface area contributed by atoms with Crippen LogP contribution in [-0.4, -0.2) is 46.4 Å². The largest absolute Gasteiger partial charge is 0.465 e. The second kappa shape index (κ2) is 7.59. The SMILES string of the molecule is CCOC(=O)C(C)NCCCNS(C)(=O)=O. The highest BCUT2D eigenvalue weighted by Gasteiger charge is 2.11. The summed E-state index contributed by atoms with van der Waals surface area (Å²) in [7, 11) is -3.12. The number of ether oxygens (including phenoxy) is 1. The lowest BCUT2D eigenvalue weighted by Gasteiger charge is -2.12. The molecule has 0 aliphatic rings. The lowest BCUT2D eigenvalue weighted by atomic mass is 10.3. The molecule has 0 heterocycles. The van der Waals surface area contributed by atoms with E-state index in [1.807, 2.05) is 0 Å². The average Bonchev–Trinajstić information content (AvgIpc) is 2.15. The van der Waals surface area contributed by atoms with Gasteiger partial charge in [-0.2, -0.15) is 0 Å². The summed E-state index contributed by atoms with van der Waals surface area (Å²) in [6.07, 6.45) is 1.73. The number of rotatable bonds is 8. The van der Waals surface area contributed by atoms with Gasteiger partial charge in [-0.3, -0.25) is 4.79 Å². The van der Waals surface area contributed by atoms with E-state index < -0.39 is 10.0 Å². The minimum absolute atomic E-state index is 0.293. The molecule has 0 rings (SSSR count). The van der Waals surface area contributed by atoms with E-state index in [0.717, 1.165) is 6.26 Å². The highest BCUT2D eigenvalue weighted by molar-refractivity contribution is 7.88. The summed E-state index contributed by atoms with van der Waals surface area (Å²) in [6.45, 7) is 4.74. The Bertz CT molecular complexity index is 303. The summed E-state index contributed by atoms with van der Waals surface area (Å²) in [6, 6.07) is -0.363. The van der Waals surface area contributed by atoms with Gasteiger partial charge in [-0.1, -0.05) is 0 Å². The first-order valence-electron chi connectivity index (χ1n) is 5.21. The van der Waals surface area contributed by atoms with E-state index in [1.54, 1.807) is 13.8 Å². The summed E-state index contributed by atoms with van der Waals surface area (Å²) in [5.41, 5.74) is 0. The summed E-state index contributed by atoms with van der Waals surface area (Å²) >= 11 is 0. The standard InChI is InChI=1S/C9H20N2O4S/c1-4-15-9(12)8(2)10-6-5-7-11-16(3,13)14/h8,10-11H,4-7H2,1-3H3. The van der Waals surface area contributed by atoms with E-state index >= 15 is 0 Å². The number of sulfonamides is 1. The van der Waals surface area contributed by atoms with Crippen LogP contribution in [0.25, 0.3) is 0 Å². The van der Waals surface area contributed by atoms with Gasteiger partial charge in [-0.25, -0.2) is 13.1 Å². The Labute approximate surface area is 96.8 Å². The van der Waals surface area contributed by atoms with Crippen molar-refractivity contribution in [3.05, 3.63) is 0 Å². The maximum absolute atomic E-state index is 11.2. The number of carbonyl (C=O) groups is 1. The molecule has 0 fully saturated rings. The van der Waals surface area contributed by atoms with Crippen LogP contribution in [0, 0.1) is 0 Å². The molecule has 1 atom stereocenters. The van der Waals surface area contributed by atoms with Crippen molar-refractivity contribution in [2.24, 2.45) is 0 Å². The highest BCUT2D eigenvalue weighted by atomic mass is 32.2. The lowest BCUT2D eigenvalue weighted by Crippen LogP contribution is -2.37. The number of nitrogens with one attached hydrogen (secondary N) is 2. The van der Waals surface area contributed by atoms with Gasteiger partial charge < -0.3 is 10.1 Å². The number of esters is 1. The molecule has 6 nitrogen and oxygen atoms in total. The molecule has 16 heavy (non-hydrogen) atoms. The van der Waals surface area contributed by atoms with Crippen LogP contribution in [0.4, 0.5) is 0 Å². The maximum Gasteiger partial charge on any atom is 0.322 e. The molecule has 0 amide bonds. The predicted octanol–water partition coefficient (Wildman–Crippen LogP) is -0.533. The molecule has 2 N–H and O–H groups in total. The summed E-state index contributed by atoms with van der Waals surface area (Å²) in [4.78, 5) is 11.2. The van der Waals surface area contributed by atoms with Gasteiger partial charge in [-0.05, 0) is 26.8 Å². The van der Waals surface area contributed by atoms with Crippen molar-refractivity contribution in [1.29, 1.82) is 0 Å². The second-order valence-corrected chi connectivity index (χ2v) is 5.28. The normalized spacial score (nSPS) is 13.4. The molecule has 0 bridgehead atoms. The van der Waals surface area contributed by atoms with E-state index in [2.05, 4.69) is 10.0 Å². The summed E-state index contributed by atoms with van der Waals surface area (Å²) in [5.74, 6) is -0.293. The number of hydrogen-bond donors (Lipinski definition) is 2. The predicted molar refractivity (Wildman–Crippen MR) is 61.6 cm³/mol. The minimum atomic E-state index is -3.12. The fourth-order valence-corrected chi connectivity index (χ4v) is 1.53. The van der Waals surface area contributed by atoms with Crippen LogP contribution < -0.4 is 10.0 Å². The fourth-order valence-electron chi connectivity index (χ4n) is 1.02. The quantitative estimate of drug-likeness (QED) is 0.448. The van der Waals surface area contributed by atoms with E-state index in [9.17, 15) is 13.2 Å². The third kappa shape index (κ3) is 8.63. The van der Waals surface area contributed by atoms with Gasteiger partial charge in [0.2, 0.25) is 10.0 Å². The van der Waals surface area contributed by atoms with Crippen molar-refractivity contribution in [3.63, 3.8) is 0 Å². The topological polar surface area (TPSA) is 84.5 Å². The Morgan fingerprint density at radius 2 is 2.00 bits per heavy atom. The Balaban J connectivity index is 3.55. The molecular weight excluding hydrogens is 232 g/mol. The molecule has 0 aromatic carbocycles. The Kier molecular flexibility index (Phi) is 7.27. The molecule has 1 unspecified atom stereocenters. The van der Waals surface area contributed by atoms with E-state index in [1.165, 1.54) is 0 Å². The summed E-state index contributed by atoms with van der Waals surface area (Å²) in [5, 5.41) is 2.94. The molecule has 0 aliphatic heterocycles. The molecule has 0 radical (unpaired) electrons. The van der Waals surface area contributed by atoms with Crippen molar-refractivity contribution < 1.29 is 17.9 Å². The lowest BCUT2D eigenvalue weighted by molar-refractivity contribution is -0.145. The molecule has 0 saturated carbocycles. The van der Waals surface area contributed by atoms with Gasteiger partial charge in [0.1, 0.15) is 6.04 Å². The van der Waals surface area contributed by atoms with Gasteiger partial charge in [0.15, 0.2) is 0 Å². The average molecular weight is 252 g/mol. The zero-order chi connectivity index (χ0) is 12.6. The van der Waals surface area contributed by atoms with Gasteiger partial charge in [0.25, 0.3) is 0 Å². The molecule has 96 valence electrons. The Morgan fingerprint density at radius 3 is 2.50 bits per heavy atom. The van der Waals surface area contributed by atoms with E-state index in [-0.39, 0.29) is 12.0 Å². The van der Waals surface area contributed by atoms with Crippen LogP contribution in [0.15, 0.2) is 0 Å². The van der Waals surface area contributed by atoms with Gasteiger partial charge >= 0.3 is 5.97 Å². The molecule has 0 saturated heterocycles. The monoisotopic (exact) mass is 252 g/mol. The van der Waals surface area contributed by atoms with Crippen LogP contribution in [0.2, 0.25) is 0 Å². The smallest absolute Gasteiger partial charge is 0.322 e. The van der Waals surface area contributed by atoms with Crippen molar-refractivity contribution in [1.82, 2.24) is 10.0 Å². The van der Waals surface area contributed by atoms with Crippen molar-refractivity contribution in [3.8, 4) is 0 Å². The minimum Gasteiger partial charge on any atom is -0.465 e. The highest BCUT2D eigenvalue weighted by Crippen LogP contribution is 1.88. The van der Waals surface area contributed by atoms with E-state index in [4.69, 9.17) is 4.74 Å². The zero-order valence-electron chi connectivity index (χ0n) is 9.95. The molecule has 0 aliphatic carbocycles. The van der Waals surface area contributed by atoms with Crippen molar-refractivity contribution in [2.75, 3.05) is 26.0 Å². The summed E-state index contributed by atoms with van der Waals surface area (Å²) < 4.78 is 28.6. The van der Waals surface area contributed by atoms with Gasteiger partial charge in [0, 0.05) is 6.54 Å². The van der Waals surface area contributed by atoms with E-state index in [0.29, 0.717) is 26.1 Å². The Hall–Kier alpha value is -0.660. The molecule has 0 aromatic rings. The molecule has 0 aromatic heterocycles. The Morgan fingerprint density at radius 1 is 1.38 bits per heavy atom. The zero-order valence-corrected chi connectivity index (χ0v) is 10.8. The first-order chi connectivity index (χ1) is 7.37. The van der Waals surface area contributed by atoms with Gasteiger partial charge in [-0.15, -0.1) is 0 Å². The van der Waals surface area contributed by atoms with Crippen LogP contribution in [0.1, 0.15) is 20.3 Å². The van der Waals surface area contributed by atoms with Crippen LogP contribution in [0.3, 0.4) is 0 Å². The first-order valence-corrected chi connectivity index (χ1v) is 7.10. The molecule has 0 spiro atoms. The van der Waals surface area contributed by atoms with Crippen LogP contribution in [-0.2, 0) is 19.6 Å². The van der Waals surface area contributed by atoms with Gasteiger partial charge in [0.05, 0.1) is 12.9 Å². The third-order valence-corrected chi connectivity index (χ3v) is 2.54. The second-order valence-electron chi connectivity index (χ2n) is 3.45. The third-order valence-electron chi connectivity index (χ3n) is 1.81. The number of hydrogen-bond acceptors (Lipinski definition) is 5.